The van der Waals surface area contributed by atoms with E-state index < -0.39 is 0 Å². The van der Waals surface area contributed by atoms with Crippen molar-refractivity contribution in [3.63, 3.8) is 0 Å². The van der Waals surface area contributed by atoms with Gasteiger partial charge in [0.2, 0.25) is 0 Å². The van der Waals surface area contributed by atoms with E-state index >= 15 is 0 Å². The predicted molar refractivity (Wildman–Crippen MR) is 78.4 cm³/mol. The summed E-state index contributed by atoms with van der Waals surface area (Å²) in [5.41, 5.74) is 7.47. The SMILES string of the molecule is COc1ccc(Br)c(CC2(CN)CC3CCC2O3)c1. The van der Waals surface area contributed by atoms with Crippen LogP contribution in [-0.2, 0) is 11.2 Å². The van der Waals surface area contributed by atoms with Gasteiger partial charge in [0.15, 0.2) is 0 Å². The quantitative estimate of drug-likeness (QED) is 0.925. The van der Waals surface area contributed by atoms with E-state index in [2.05, 4.69) is 22.0 Å². The van der Waals surface area contributed by atoms with Gasteiger partial charge in [-0.25, -0.2) is 0 Å². The van der Waals surface area contributed by atoms with Crippen LogP contribution >= 0.6 is 15.9 Å². The molecule has 0 aromatic heterocycles. The van der Waals surface area contributed by atoms with Crippen LogP contribution in [0.25, 0.3) is 0 Å². The van der Waals surface area contributed by atoms with Gasteiger partial charge in [-0.15, -0.1) is 0 Å². The average Bonchev–Trinajstić information content (AvgIpc) is 3.02. The third-order valence-corrected chi connectivity index (χ3v) is 5.40. The van der Waals surface area contributed by atoms with Crippen LogP contribution in [0.15, 0.2) is 22.7 Å². The Hall–Kier alpha value is -0.580. The number of ether oxygens (including phenoxy) is 2. The van der Waals surface area contributed by atoms with Crippen molar-refractivity contribution >= 4 is 15.9 Å². The highest BCUT2D eigenvalue weighted by Crippen LogP contribution is 2.49. The minimum Gasteiger partial charge on any atom is -0.497 e. The fourth-order valence-electron chi connectivity index (χ4n) is 3.56. The molecule has 3 rings (SSSR count). The Balaban J connectivity index is 1.87. The molecule has 2 aliphatic heterocycles. The van der Waals surface area contributed by atoms with Crippen LogP contribution in [0, 0.1) is 5.41 Å². The highest BCUT2D eigenvalue weighted by molar-refractivity contribution is 9.10. The summed E-state index contributed by atoms with van der Waals surface area (Å²) < 4.78 is 12.5. The molecule has 3 unspecified atom stereocenters. The van der Waals surface area contributed by atoms with Crippen molar-refractivity contribution in [1.29, 1.82) is 0 Å². The summed E-state index contributed by atoms with van der Waals surface area (Å²) in [7, 11) is 1.70. The molecule has 0 saturated carbocycles. The largest absolute Gasteiger partial charge is 0.497 e. The average molecular weight is 326 g/mol. The van der Waals surface area contributed by atoms with E-state index in [1.165, 1.54) is 12.0 Å². The van der Waals surface area contributed by atoms with Crippen molar-refractivity contribution in [3.05, 3.63) is 28.2 Å². The first-order chi connectivity index (χ1) is 9.16. The second-order valence-corrected chi connectivity index (χ2v) is 6.58. The predicted octanol–water partition coefficient (Wildman–Crippen LogP) is 2.90. The van der Waals surface area contributed by atoms with Crippen LogP contribution in [0.3, 0.4) is 0 Å². The third-order valence-electron chi connectivity index (χ3n) is 4.63. The van der Waals surface area contributed by atoms with Crippen LogP contribution in [0.4, 0.5) is 0 Å². The third kappa shape index (κ3) is 2.30. The van der Waals surface area contributed by atoms with E-state index in [4.69, 9.17) is 15.2 Å². The van der Waals surface area contributed by atoms with Crippen molar-refractivity contribution in [2.24, 2.45) is 11.1 Å². The molecule has 0 amide bonds. The molecule has 3 atom stereocenters. The summed E-state index contributed by atoms with van der Waals surface area (Å²) in [5, 5.41) is 0. The zero-order chi connectivity index (χ0) is 13.5. The van der Waals surface area contributed by atoms with Crippen molar-refractivity contribution in [2.45, 2.75) is 37.9 Å². The van der Waals surface area contributed by atoms with E-state index in [1.807, 2.05) is 12.1 Å². The maximum Gasteiger partial charge on any atom is 0.119 e. The van der Waals surface area contributed by atoms with E-state index in [1.54, 1.807) is 7.11 Å². The second-order valence-electron chi connectivity index (χ2n) is 5.73. The van der Waals surface area contributed by atoms with Crippen molar-refractivity contribution < 1.29 is 9.47 Å². The highest BCUT2D eigenvalue weighted by Gasteiger charge is 2.51. The van der Waals surface area contributed by atoms with Gasteiger partial charge in [0.1, 0.15) is 5.75 Å². The Kier molecular flexibility index (Phi) is 3.58. The molecule has 0 spiro atoms. The van der Waals surface area contributed by atoms with Crippen molar-refractivity contribution in [1.82, 2.24) is 0 Å². The van der Waals surface area contributed by atoms with Gasteiger partial charge in [-0.1, -0.05) is 15.9 Å². The van der Waals surface area contributed by atoms with Gasteiger partial charge in [0.25, 0.3) is 0 Å². The second kappa shape index (κ2) is 5.08. The Morgan fingerprint density at radius 3 is 2.89 bits per heavy atom. The van der Waals surface area contributed by atoms with Gasteiger partial charge in [-0.3, -0.25) is 0 Å². The lowest BCUT2D eigenvalue weighted by Crippen LogP contribution is -2.41. The molecule has 2 saturated heterocycles. The van der Waals surface area contributed by atoms with E-state index in [9.17, 15) is 0 Å². The minimum atomic E-state index is 0.109. The number of rotatable bonds is 4. The van der Waals surface area contributed by atoms with E-state index in [0.717, 1.165) is 29.5 Å². The molecule has 2 bridgehead atoms. The first-order valence-corrected chi connectivity index (χ1v) is 7.64. The number of benzene rings is 1. The summed E-state index contributed by atoms with van der Waals surface area (Å²) in [6, 6.07) is 6.12. The smallest absolute Gasteiger partial charge is 0.119 e. The van der Waals surface area contributed by atoms with Gasteiger partial charge in [-0.2, -0.15) is 0 Å². The fraction of sp³-hybridized carbons (Fsp3) is 0.600. The summed E-state index contributed by atoms with van der Waals surface area (Å²) in [5.74, 6) is 0.898. The maximum absolute atomic E-state index is 6.10. The van der Waals surface area contributed by atoms with Crippen molar-refractivity contribution in [3.8, 4) is 5.75 Å². The summed E-state index contributed by atoms with van der Waals surface area (Å²) in [6.45, 7) is 0.692. The van der Waals surface area contributed by atoms with Gasteiger partial charge >= 0.3 is 0 Å². The Bertz CT molecular complexity index is 479. The monoisotopic (exact) mass is 325 g/mol. The maximum atomic E-state index is 6.10. The fourth-order valence-corrected chi connectivity index (χ4v) is 3.94. The number of halogens is 1. The first-order valence-electron chi connectivity index (χ1n) is 6.85. The van der Waals surface area contributed by atoms with Gasteiger partial charge in [0, 0.05) is 16.4 Å². The van der Waals surface area contributed by atoms with Crippen LogP contribution < -0.4 is 10.5 Å². The number of nitrogens with two attached hydrogens (primary N) is 1. The van der Waals surface area contributed by atoms with Gasteiger partial charge in [-0.05, 0) is 49.4 Å². The van der Waals surface area contributed by atoms with Crippen LogP contribution in [-0.4, -0.2) is 25.9 Å². The Morgan fingerprint density at radius 1 is 1.47 bits per heavy atom. The first kappa shape index (κ1) is 13.4. The van der Waals surface area contributed by atoms with Gasteiger partial charge < -0.3 is 15.2 Å². The van der Waals surface area contributed by atoms with E-state index in [0.29, 0.717) is 18.8 Å². The molecule has 0 aliphatic carbocycles. The lowest BCUT2D eigenvalue weighted by Gasteiger charge is -2.34. The van der Waals surface area contributed by atoms with Crippen molar-refractivity contribution in [2.75, 3.05) is 13.7 Å². The zero-order valence-electron chi connectivity index (χ0n) is 11.2. The van der Waals surface area contributed by atoms with Crippen LogP contribution in [0.1, 0.15) is 24.8 Å². The molecular formula is C15H20BrNO2. The molecule has 2 heterocycles. The molecule has 2 aliphatic rings. The van der Waals surface area contributed by atoms with Crippen LogP contribution in [0.2, 0.25) is 0 Å². The Labute approximate surface area is 122 Å². The molecule has 4 heteroatoms. The molecule has 0 radical (unpaired) electrons. The highest BCUT2D eigenvalue weighted by atomic mass is 79.9. The number of methoxy groups -OCH3 is 1. The Morgan fingerprint density at radius 2 is 2.32 bits per heavy atom. The normalized spacial score (nSPS) is 32.8. The molecule has 2 fully saturated rings. The summed E-state index contributed by atoms with van der Waals surface area (Å²) in [6.07, 6.45) is 5.17. The molecule has 2 N–H and O–H groups in total. The van der Waals surface area contributed by atoms with Gasteiger partial charge in [0.05, 0.1) is 19.3 Å². The lowest BCUT2D eigenvalue weighted by molar-refractivity contribution is 0.0635. The molecular weight excluding hydrogens is 306 g/mol. The molecule has 1 aromatic carbocycles. The van der Waals surface area contributed by atoms with Crippen LogP contribution in [0.5, 0.6) is 5.75 Å². The van der Waals surface area contributed by atoms with E-state index in [-0.39, 0.29) is 5.41 Å². The standard InChI is InChI=1S/C15H20BrNO2/c1-18-11-2-4-13(16)10(6-11)7-15(9-17)8-12-3-5-14(15)19-12/h2,4,6,12,14H,3,5,7-9,17H2,1H3. The summed E-state index contributed by atoms with van der Waals surface area (Å²) in [4.78, 5) is 0. The minimum absolute atomic E-state index is 0.109. The summed E-state index contributed by atoms with van der Waals surface area (Å²) >= 11 is 3.64. The number of hydrogen-bond donors (Lipinski definition) is 1. The molecule has 3 nitrogen and oxygen atoms in total. The number of hydrogen-bond acceptors (Lipinski definition) is 3. The topological polar surface area (TPSA) is 44.5 Å². The number of fused-ring (bicyclic) bond motifs is 2. The molecule has 1 aromatic rings. The lowest BCUT2D eigenvalue weighted by atomic mass is 9.70. The molecule has 104 valence electrons. The zero-order valence-corrected chi connectivity index (χ0v) is 12.8. The molecule has 19 heavy (non-hydrogen) atoms.